The average Bonchev–Trinajstić information content (AvgIpc) is 2.92. The Morgan fingerprint density at radius 1 is 1.11 bits per heavy atom. The summed E-state index contributed by atoms with van der Waals surface area (Å²) in [5, 5.41) is 0. The fourth-order valence-corrected chi connectivity index (χ4v) is 2.07. The molecule has 1 unspecified atom stereocenters. The minimum atomic E-state index is -0.137. The van der Waals surface area contributed by atoms with Crippen LogP contribution >= 0.6 is 0 Å². The maximum atomic E-state index is 6.08. The van der Waals surface area contributed by atoms with Crippen molar-refractivity contribution in [2.24, 2.45) is 5.73 Å². The fraction of sp³-hybridized carbons (Fsp3) is 0.286. The molecule has 1 aromatic heterocycles. The second-order valence-corrected chi connectivity index (χ2v) is 4.30. The molecule has 0 bridgehead atoms. The third-order valence-electron chi connectivity index (χ3n) is 2.97. The first kappa shape index (κ1) is 11.2. The number of fused-ring (bicyclic) bond motifs is 1. The average molecular weight is 245 g/mol. The molecule has 1 atom stereocenters. The van der Waals surface area contributed by atoms with E-state index < -0.39 is 0 Å². The number of rotatable bonds is 3. The van der Waals surface area contributed by atoms with Crippen molar-refractivity contribution in [2.75, 3.05) is 13.2 Å². The summed E-state index contributed by atoms with van der Waals surface area (Å²) in [6.45, 7) is 1.21. The van der Waals surface area contributed by atoms with Crippen molar-refractivity contribution in [1.29, 1.82) is 0 Å². The third kappa shape index (κ3) is 2.19. The van der Waals surface area contributed by atoms with Crippen molar-refractivity contribution < 1.29 is 13.9 Å². The standard InChI is InChI=1S/C14H15NO3/c15-11(12-2-1-5-16-12)8-10-3-4-13-14(9-10)18-7-6-17-13/h1-5,9,11H,6-8,15H2. The zero-order chi connectivity index (χ0) is 12.4. The molecule has 4 heteroatoms. The van der Waals surface area contributed by atoms with E-state index in [9.17, 15) is 0 Å². The number of nitrogens with two attached hydrogens (primary N) is 1. The molecule has 0 spiro atoms. The van der Waals surface area contributed by atoms with Crippen LogP contribution in [-0.4, -0.2) is 13.2 Å². The van der Waals surface area contributed by atoms with Gasteiger partial charge in [0.2, 0.25) is 0 Å². The van der Waals surface area contributed by atoms with E-state index in [1.165, 1.54) is 0 Å². The van der Waals surface area contributed by atoms with Gasteiger partial charge in [0.1, 0.15) is 19.0 Å². The molecule has 94 valence electrons. The lowest BCUT2D eigenvalue weighted by molar-refractivity contribution is 0.171. The van der Waals surface area contributed by atoms with Crippen LogP contribution in [0.4, 0.5) is 0 Å². The number of furan rings is 1. The summed E-state index contributed by atoms with van der Waals surface area (Å²) in [4.78, 5) is 0. The minimum absolute atomic E-state index is 0.137. The Labute approximate surface area is 105 Å². The van der Waals surface area contributed by atoms with E-state index in [0.717, 1.165) is 22.8 Å². The Bertz CT molecular complexity index is 522. The largest absolute Gasteiger partial charge is 0.486 e. The molecule has 2 aromatic rings. The van der Waals surface area contributed by atoms with Crippen molar-refractivity contribution in [3.8, 4) is 11.5 Å². The normalized spacial score (nSPS) is 15.4. The predicted octanol–water partition coefficient (Wildman–Crippen LogP) is 2.29. The van der Waals surface area contributed by atoms with Crippen LogP contribution < -0.4 is 15.2 Å². The molecule has 4 nitrogen and oxygen atoms in total. The van der Waals surface area contributed by atoms with Crippen LogP contribution in [0, 0.1) is 0 Å². The zero-order valence-corrected chi connectivity index (χ0v) is 9.96. The first-order valence-electron chi connectivity index (χ1n) is 6.00. The molecule has 0 aliphatic carbocycles. The quantitative estimate of drug-likeness (QED) is 0.901. The Morgan fingerprint density at radius 2 is 1.94 bits per heavy atom. The molecule has 0 fully saturated rings. The minimum Gasteiger partial charge on any atom is -0.486 e. The highest BCUT2D eigenvalue weighted by atomic mass is 16.6. The number of benzene rings is 1. The summed E-state index contributed by atoms with van der Waals surface area (Å²) in [5.41, 5.74) is 7.20. The van der Waals surface area contributed by atoms with Crippen molar-refractivity contribution in [3.05, 3.63) is 47.9 Å². The Kier molecular flexibility index (Phi) is 2.94. The number of ether oxygens (including phenoxy) is 2. The molecule has 1 aliphatic heterocycles. The van der Waals surface area contributed by atoms with E-state index in [0.29, 0.717) is 19.6 Å². The van der Waals surface area contributed by atoms with Gasteiger partial charge in [-0.15, -0.1) is 0 Å². The van der Waals surface area contributed by atoms with Crippen molar-refractivity contribution >= 4 is 0 Å². The van der Waals surface area contributed by atoms with Crippen LogP contribution in [-0.2, 0) is 6.42 Å². The second kappa shape index (κ2) is 4.74. The van der Waals surface area contributed by atoms with Crippen LogP contribution in [0.2, 0.25) is 0 Å². The predicted molar refractivity (Wildman–Crippen MR) is 66.8 cm³/mol. The molecule has 3 rings (SSSR count). The highest BCUT2D eigenvalue weighted by Crippen LogP contribution is 2.31. The van der Waals surface area contributed by atoms with Crippen molar-refractivity contribution in [2.45, 2.75) is 12.5 Å². The molecular weight excluding hydrogens is 230 g/mol. The van der Waals surface area contributed by atoms with E-state index >= 15 is 0 Å². The maximum absolute atomic E-state index is 6.08. The number of hydrogen-bond donors (Lipinski definition) is 1. The van der Waals surface area contributed by atoms with Gasteiger partial charge >= 0.3 is 0 Å². The van der Waals surface area contributed by atoms with Gasteiger partial charge in [0.15, 0.2) is 11.5 Å². The molecule has 18 heavy (non-hydrogen) atoms. The fourth-order valence-electron chi connectivity index (χ4n) is 2.07. The van der Waals surface area contributed by atoms with Crippen LogP contribution in [0.3, 0.4) is 0 Å². The second-order valence-electron chi connectivity index (χ2n) is 4.30. The summed E-state index contributed by atoms with van der Waals surface area (Å²) >= 11 is 0. The van der Waals surface area contributed by atoms with Gasteiger partial charge in [0, 0.05) is 0 Å². The molecule has 0 saturated heterocycles. The van der Waals surface area contributed by atoms with Crippen molar-refractivity contribution in [3.63, 3.8) is 0 Å². The first-order valence-corrected chi connectivity index (χ1v) is 6.00. The third-order valence-corrected chi connectivity index (χ3v) is 2.97. The van der Waals surface area contributed by atoms with Gasteiger partial charge in [-0.2, -0.15) is 0 Å². The van der Waals surface area contributed by atoms with E-state index in [2.05, 4.69) is 0 Å². The topological polar surface area (TPSA) is 57.6 Å². The molecule has 2 N–H and O–H groups in total. The van der Waals surface area contributed by atoms with Gasteiger partial charge in [-0.1, -0.05) is 6.07 Å². The molecule has 0 saturated carbocycles. The molecule has 1 aromatic carbocycles. The Balaban J connectivity index is 1.77. The Hall–Kier alpha value is -1.94. The smallest absolute Gasteiger partial charge is 0.161 e. The molecule has 0 amide bonds. The van der Waals surface area contributed by atoms with Gasteiger partial charge < -0.3 is 19.6 Å². The lowest BCUT2D eigenvalue weighted by Crippen LogP contribution is -2.16. The van der Waals surface area contributed by atoms with E-state index in [4.69, 9.17) is 19.6 Å². The maximum Gasteiger partial charge on any atom is 0.161 e. The van der Waals surface area contributed by atoms with Gasteiger partial charge in [0.05, 0.1) is 12.3 Å². The molecule has 0 radical (unpaired) electrons. The molecule has 2 heterocycles. The van der Waals surface area contributed by atoms with Gasteiger partial charge in [-0.3, -0.25) is 0 Å². The summed E-state index contributed by atoms with van der Waals surface area (Å²) in [6, 6.07) is 9.52. The lowest BCUT2D eigenvalue weighted by Gasteiger charge is -2.19. The van der Waals surface area contributed by atoms with E-state index in [1.807, 2.05) is 30.3 Å². The highest BCUT2D eigenvalue weighted by Gasteiger charge is 2.14. The van der Waals surface area contributed by atoms with Crippen LogP contribution in [0.15, 0.2) is 41.0 Å². The van der Waals surface area contributed by atoms with Crippen LogP contribution in [0.1, 0.15) is 17.4 Å². The first-order chi connectivity index (χ1) is 8.83. The lowest BCUT2D eigenvalue weighted by atomic mass is 10.0. The number of hydrogen-bond acceptors (Lipinski definition) is 4. The van der Waals surface area contributed by atoms with Gasteiger partial charge in [-0.25, -0.2) is 0 Å². The van der Waals surface area contributed by atoms with E-state index in [1.54, 1.807) is 6.26 Å². The highest BCUT2D eigenvalue weighted by molar-refractivity contribution is 5.44. The SMILES string of the molecule is NC(Cc1ccc2c(c1)OCCO2)c1ccco1. The van der Waals surface area contributed by atoms with E-state index in [-0.39, 0.29) is 6.04 Å². The van der Waals surface area contributed by atoms with Crippen LogP contribution in [0.5, 0.6) is 11.5 Å². The molecule has 1 aliphatic rings. The summed E-state index contributed by atoms with van der Waals surface area (Å²) in [6.07, 6.45) is 2.35. The summed E-state index contributed by atoms with van der Waals surface area (Å²) in [5.74, 6) is 2.40. The van der Waals surface area contributed by atoms with Gasteiger partial charge in [-0.05, 0) is 36.2 Å². The summed E-state index contributed by atoms with van der Waals surface area (Å²) < 4.78 is 16.3. The van der Waals surface area contributed by atoms with Crippen molar-refractivity contribution in [1.82, 2.24) is 0 Å². The summed E-state index contributed by atoms with van der Waals surface area (Å²) in [7, 11) is 0. The zero-order valence-electron chi connectivity index (χ0n) is 9.96. The Morgan fingerprint density at radius 3 is 2.72 bits per heavy atom. The van der Waals surface area contributed by atoms with Gasteiger partial charge in [0.25, 0.3) is 0 Å². The molecular formula is C14H15NO3. The van der Waals surface area contributed by atoms with Crippen LogP contribution in [0.25, 0.3) is 0 Å². The monoisotopic (exact) mass is 245 g/mol.